The Morgan fingerprint density at radius 1 is 1.52 bits per heavy atom. The Bertz CT molecular complexity index is 682. The molecule has 0 saturated carbocycles. The fourth-order valence-corrected chi connectivity index (χ4v) is 3.26. The van der Waals surface area contributed by atoms with Crippen molar-refractivity contribution >= 4 is 27.6 Å². The molecule has 0 bridgehead atoms. The van der Waals surface area contributed by atoms with E-state index in [1.165, 1.54) is 32.4 Å². The molecule has 0 fully saturated rings. The number of methoxy groups -OCH3 is 1. The van der Waals surface area contributed by atoms with Crippen molar-refractivity contribution in [3.63, 3.8) is 0 Å². The maximum atomic E-state index is 12.4. The molecule has 1 aromatic carbocycles. The van der Waals surface area contributed by atoms with Crippen molar-refractivity contribution in [1.29, 1.82) is 5.26 Å². The minimum atomic E-state index is -3.79. The third kappa shape index (κ3) is 3.94. The SMILES string of the molecule is COC(=O)C(C)CN(C)S(=O)(=O)c1ccc(C#N)c(Cl)c1. The Hall–Kier alpha value is -1.62. The van der Waals surface area contributed by atoms with Gasteiger partial charge in [-0.25, -0.2) is 12.7 Å². The summed E-state index contributed by atoms with van der Waals surface area (Å²) in [5.41, 5.74) is 0.196. The van der Waals surface area contributed by atoms with Gasteiger partial charge in [0, 0.05) is 13.6 Å². The average molecular weight is 331 g/mol. The first-order valence-corrected chi connectivity index (χ1v) is 7.79. The molecule has 114 valence electrons. The van der Waals surface area contributed by atoms with Crippen LogP contribution in [0.3, 0.4) is 0 Å². The molecule has 1 aromatic rings. The van der Waals surface area contributed by atoms with Gasteiger partial charge in [0.1, 0.15) is 6.07 Å². The lowest BCUT2D eigenvalue weighted by atomic mass is 10.2. The number of nitrogens with zero attached hydrogens (tertiary/aromatic N) is 2. The largest absolute Gasteiger partial charge is 0.469 e. The number of nitriles is 1. The van der Waals surface area contributed by atoms with Crippen molar-refractivity contribution in [1.82, 2.24) is 4.31 Å². The van der Waals surface area contributed by atoms with Crippen molar-refractivity contribution in [2.75, 3.05) is 20.7 Å². The molecule has 0 saturated heterocycles. The van der Waals surface area contributed by atoms with Crippen LogP contribution in [0.2, 0.25) is 5.02 Å². The number of sulfonamides is 1. The Morgan fingerprint density at radius 2 is 2.14 bits per heavy atom. The molecule has 6 nitrogen and oxygen atoms in total. The van der Waals surface area contributed by atoms with E-state index >= 15 is 0 Å². The van der Waals surface area contributed by atoms with E-state index in [9.17, 15) is 13.2 Å². The summed E-state index contributed by atoms with van der Waals surface area (Å²) in [6.45, 7) is 1.55. The third-order valence-electron chi connectivity index (χ3n) is 2.90. The molecular weight excluding hydrogens is 316 g/mol. The molecule has 0 radical (unpaired) electrons. The van der Waals surface area contributed by atoms with E-state index in [1.54, 1.807) is 6.92 Å². The lowest BCUT2D eigenvalue weighted by Gasteiger charge is -2.20. The van der Waals surface area contributed by atoms with Crippen molar-refractivity contribution in [3.05, 3.63) is 28.8 Å². The predicted molar refractivity (Wildman–Crippen MR) is 77.2 cm³/mol. The first-order chi connectivity index (χ1) is 9.73. The van der Waals surface area contributed by atoms with Gasteiger partial charge in [-0.2, -0.15) is 5.26 Å². The summed E-state index contributed by atoms with van der Waals surface area (Å²) in [5, 5.41) is 8.85. The molecule has 0 aliphatic heterocycles. The third-order valence-corrected chi connectivity index (χ3v) is 5.04. The van der Waals surface area contributed by atoms with Gasteiger partial charge in [-0.3, -0.25) is 4.79 Å². The van der Waals surface area contributed by atoms with Crippen LogP contribution in [-0.2, 0) is 19.6 Å². The molecule has 0 amide bonds. The van der Waals surface area contributed by atoms with Crippen LogP contribution >= 0.6 is 11.6 Å². The molecule has 1 atom stereocenters. The zero-order chi connectivity index (χ0) is 16.2. The molecule has 0 aromatic heterocycles. The quantitative estimate of drug-likeness (QED) is 0.766. The minimum absolute atomic E-state index is 0.0212. The minimum Gasteiger partial charge on any atom is -0.469 e. The van der Waals surface area contributed by atoms with Crippen LogP contribution in [0.25, 0.3) is 0 Å². The number of esters is 1. The maximum absolute atomic E-state index is 12.4. The van der Waals surface area contributed by atoms with Gasteiger partial charge in [-0.05, 0) is 18.2 Å². The molecule has 1 rings (SSSR count). The van der Waals surface area contributed by atoms with Gasteiger partial charge in [0.05, 0.1) is 28.5 Å². The zero-order valence-corrected chi connectivity index (χ0v) is 13.4. The molecular formula is C13H15ClN2O4S. The van der Waals surface area contributed by atoms with Gasteiger partial charge >= 0.3 is 5.97 Å². The first-order valence-electron chi connectivity index (χ1n) is 5.97. The lowest BCUT2D eigenvalue weighted by molar-refractivity contribution is -0.144. The highest BCUT2D eigenvalue weighted by Gasteiger charge is 2.25. The van der Waals surface area contributed by atoms with E-state index in [-0.39, 0.29) is 22.0 Å². The van der Waals surface area contributed by atoms with E-state index in [2.05, 4.69) is 4.74 Å². The van der Waals surface area contributed by atoms with Crippen molar-refractivity contribution in [2.24, 2.45) is 5.92 Å². The van der Waals surface area contributed by atoms with Gasteiger partial charge < -0.3 is 4.74 Å². The fraction of sp³-hybridized carbons (Fsp3) is 0.385. The maximum Gasteiger partial charge on any atom is 0.309 e. The number of ether oxygens (including phenoxy) is 1. The Balaban J connectivity index is 3.03. The van der Waals surface area contributed by atoms with E-state index in [0.29, 0.717) is 0 Å². The molecule has 0 heterocycles. The van der Waals surface area contributed by atoms with E-state index in [4.69, 9.17) is 16.9 Å². The van der Waals surface area contributed by atoms with Crippen LogP contribution in [0, 0.1) is 17.2 Å². The number of carbonyl (C=O) groups excluding carboxylic acids is 1. The molecule has 0 N–H and O–H groups in total. The first kappa shape index (κ1) is 17.4. The van der Waals surface area contributed by atoms with Gasteiger partial charge in [0.2, 0.25) is 10.0 Å². The number of carbonyl (C=O) groups is 1. The van der Waals surface area contributed by atoms with Crippen molar-refractivity contribution in [2.45, 2.75) is 11.8 Å². The number of hydrogen-bond acceptors (Lipinski definition) is 5. The van der Waals surface area contributed by atoms with E-state index < -0.39 is 21.9 Å². The highest BCUT2D eigenvalue weighted by Crippen LogP contribution is 2.22. The standard InChI is InChI=1S/C13H15ClN2O4S/c1-9(13(17)20-3)8-16(2)21(18,19)11-5-4-10(7-15)12(14)6-11/h4-6,9H,8H2,1-3H3. The summed E-state index contributed by atoms with van der Waals surface area (Å²) in [5.74, 6) is -1.08. The molecule has 8 heteroatoms. The Morgan fingerprint density at radius 3 is 2.62 bits per heavy atom. The molecule has 21 heavy (non-hydrogen) atoms. The van der Waals surface area contributed by atoms with Gasteiger partial charge in [-0.15, -0.1) is 0 Å². The fourth-order valence-electron chi connectivity index (χ4n) is 1.69. The van der Waals surface area contributed by atoms with Crippen LogP contribution in [0.5, 0.6) is 0 Å². The monoisotopic (exact) mass is 330 g/mol. The van der Waals surface area contributed by atoms with E-state index in [0.717, 1.165) is 4.31 Å². The number of rotatable bonds is 5. The predicted octanol–water partition coefficient (Wildman–Crippen LogP) is 1.64. The number of halogens is 1. The van der Waals surface area contributed by atoms with Crippen LogP contribution < -0.4 is 0 Å². The zero-order valence-electron chi connectivity index (χ0n) is 11.8. The second-order valence-electron chi connectivity index (χ2n) is 4.46. The van der Waals surface area contributed by atoms with Crippen LogP contribution in [-0.4, -0.2) is 39.4 Å². The second-order valence-corrected chi connectivity index (χ2v) is 6.92. The van der Waals surface area contributed by atoms with Gasteiger partial charge in [0.25, 0.3) is 0 Å². The smallest absolute Gasteiger partial charge is 0.309 e. The Kier molecular flexibility index (Phi) is 5.72. The average Bonchev–Trinajstić information content (AvgIpc) is 2.45. The van der Waals surface area contributed by atoms with Crippen LogP contribution in [0.1, 0.15) is 12.5 Å². The summed E-state index contributed by atoms with van der Waals surface area (Å²) in [6, 6.07) is 5.72. The van der Waals surface area contributed by atoms with Gasteiger partial charge in [-0.1, -0.05) is 18.5 Å². The molecule has 0 aliphatic carbocycles. The van der Waals surface area contributed by atoms with E-state index in [1.807, 2.05) is 6.07 Å². The highest BCUT2D eigenvalue weighted by atomic mass is 35.5. The number of hydrogen-bond donors (Lipinski definition) is 0. The van der Waals surface area contributed by atoms with Crippen molar-refractivity contribution < 1.29 is 17.9 Å². The van der Waals surface area contributed by atoms with Crippen LogP contribution in [0.4, 0.5) is 0 Å². The Labute approximate surface area is 128 Å². The summed E-state index contributed by atoms with van der Waals surface area (Å²) in [7, 11) is -1.19. The summed E-state index contributed by atoms with van der Waals surface area (Å²) in [4.78, 5) is 11.3. The van der Waals surface area contributed by atoms with Crippen molar-refractivity contribution in [3.8, 4) is 6.07 Å². The van der Waals surface area contributed by atoms with Crippen LogP contribution in [0.15, 0.2) is 23.1 Å². The summed E-state index contributed by atoms with van der Waals surface area (Å²) in [6.07, 6.45) is 0. The summed E-state index contributed by atoms with van der Waals surface area (Å²) < 4.78 is 30.3. The van der Waals surface area contributed by atoms with Gasteiger partial charge in [0.15, 0.2) is 0 Å². The molecule has 1 unspecified atom stereocenters. The molecule has 0 aliphatic rings. The summed E-state index contributed by atoms with van der Waals surface area (Å²) >= 11 is 5.84. The number of benzene rings is 1. The lowest BCUT2D eigenvalue weighted by Crippen LogP contribution is -2.34. The topological polar surface area (TPSA) is 87.5 Å². The normalized spacial score (nSPS) is 12.8. The molecule has 0 spiro atoms. The highest BCUT2D eigenvalue weighted by molar-refractivity contribution is 7.89. The second kappa shape index (κ2) is 6.89.